The molecule has 0 aromatic heterocycles. The van der Waals surface area contributed by atoms with Crippen molar-refractivity contribution in [2.45, 2.75) is 31.3 Å². The van der Waals surface area contributed by atoms with Gasteiger partial charge in [-0.3, -0.25) is 13.9 Å². The third-order valence-electron chi connectivity index (χ3n) is 6.15. The molecule has 38 heavy (non-hydrogen) atoms. The molecule has 202 valence electrons. The fourth-order valence-electron chi connectivity index (χ4n) is 3.92. The predicted octanol–water partition coefficient (Wildman–Crippen LogP) is 3.37. The molecule has 1 N–H and O–H groups in total. The second-order valence-corrected chi connectivity index (χ2v) is 10.5. The van der Waals surface area contributed by atoms with Gasteiger partial charge in [0.1, 0.15) is 12.6 Å². The van der Waals surface area contributed by atoms with Crippen molar-refractivity contribution in [3.8, 4) is 11.5 Å². The maximum Gasteiger partial charge on any atom is 0.264 e. The maximum absolute atomic E-state index is 13.9. The van der Waals surface area contributed by atoms with Gasteiger partial charge in [-0.2, -0.15) is 0 Å². The molecule has 3 rings (SSSR count). The van der Waals surface area contributed by atoms with Crippen molar-refractivity contribution in [2.24, 2.45) is 0 Å². The molecule has 9 nitrogen and oxygen atoms in total. The number of amides is 2. The van der Waals surface area contributed by atoms with Gasteiger partial charge in [-0.05, 0) is 43.7 Å². The topological polar surface area (TPSA) is 105 Å². The molecule has 2 amide bonds. The van der Waals surface area contributed by atoms with Crippen molar-refractivity contribution in [1.82, 2.24) is 10.2 Å². The summed E-state index contributed by atoms with van der Waals surface area (Å²) in [6.45, 7) is 3.04. The molecule has 0 heterocycles. The molecule has 0 bridgehead atoms. The molecule has 0 aliphatic rings. The number of hydrogen-bond acceptors (Lipinski definition) is 6. The molecule has 10 heteroatoms. The van der Waals surface area contributed by atoms with Crippen LogP contribution in [0.5, 0.6) is 11.5 Å². The maximum atomic E-state index is 13.9. The zero-order valence-corrected chi connectivity index (χ0v) is 23.0. The van der Waals surface area contributed by atoms with E-state index in [1.165, 1.54) is 44.4 Å². The smallest absolute Gasteiger partial charge is 0.264 e. The summed E-state index contributed by atoms with van der Waals surface area (Å²) in [6, 6.07) is 19.4. The Morgan fingerprint density at radius 3 is 2.13 bits per heavy atom. The van der Waals surface area contributed by atoms with Gasteiger partial charge in [0, 0.05) is 19.7 Å². The minimum atomic E-state index is -4.18. The second-order valence-electron chi connectivity index (χ2n) is 8.66. The molecule has 1 unspecified atom stereocenters. The van der Waals surface area contributed by atoms with Crippen molar-refractivity contribution in [3.63, 3.8) is 0 Å². The first kappa shape index (κ1) is 28.5. The Morgan fingerprint density at radius 2 is 1.55 bits per heavy atom. The number of carbonyl (C=O) groups is 2. The van der Waals surface area contributed by atoms with Crippen molar-refractivity contribution >= 4 is 27.5 Å². The van der Waals surface area contributed by atoms with E-state index in [0.29, 0.717) is 11.5 Å². The first-order valence-electron chi connectivity index (χ1n) is 12.0. The Labute approximate surface area is 224 Å². The van der Waals surface area contributed by atoms with Gasteiger partial charge >= 0.3 is 0 Å². The summed E-state index contributed by atoms with van der Waals surface area (Å²) < 4.78 is 39.5. The quantitative estimate of drug-likeness (QED) is 0.401. The SMILES string of the molecule is CNC(=O)C(C)N(Cc1ccccc1)C(=O)CN(c1ccc(OC)c(OC)c1)S(=O)(=O)c1ccc(C)cc1. The Hall–Kier alpha value is -4.05. The monoisotopic (exact) mass is 539 g/mol. The highest BCUT2D eigenvalue weighted by Gasteiger charge is 2.32. The molecule has 0 fully saturated rings. The van der Waals surface area contributed by atoms with Gasteiger partial charge in [0.05, 0.1) is 24.8 Å². The second kappa shape index (κ2) is 12.5. The molecular weight excluding hydrogens is 506 g/mol. The van der Waals surface area contributed by atoms with Crippen LogP contribution >= 0.6 is 0 Å². The fourth-order valence-corrected chi connectivity index (χ4v) is 5.32. The number of anilines is 1. The third kappa shape index (κ3) is 6.44. The summed E-state index contributed by atoms with van der Waals surface area (Å²) in [5.74, 6) is -0.195. The molecule has 1 atom stereocenters. The molecule has 0 saturated carbocycles. The van der Waals surface area contributed by atoms with Crippen LogP contribution in [0.4, 0.5) is 5.69 Å². The summed E-state index contributed by atoms with van der Waals surface area (Å²) in [4.78, 5) is 27.7. The van der Waals surface area contributed by atoms with E-state index in [2.05, 4.69) is 5.32 Å². The zero-order chi connectivity index (χ0) is 27.9. The number of likely N-dealkylation sites (N-methyl/N-ethyl adjacent to an activating group) is 1. The summed E-state index contributed by atoms with van der Waals surface area (Å²) >= 11 is 0. The lowest BCUT2D eigenvalue weighted by Crippen LogP contribution is -2.50. The molecule has 3 aromatic carbocycles. The average Bonchev–Trinajstić information content (AvgIpc) is 2.93. The number of methoxy groups -OCH3 is 2. The van der Waals surface area contributed by atoms with Crippen LogP contribution in [0.15, 0.2) is 77.7 Å². The standard InChI is InChI=1S/C28H33N3O6S/c1-20-11-14-24(15-12-20)38(34,35)31(23-13-16-25(36-4)26(17-23)37-5)19-27(32)30(21(2)28(33)29-3)18-22-9-7-6-8-10-22/h6-17,21H,18-19H2,1-5H3,(H,29,33). The van der Waals surface area contributed by atoms with Gasteiger partial charge in [-0.15, -0.1) is 0 Å². The Balaban J connectivity index is 2.08. The molecule has 3 aromatic rings. The number of benzene rings is 3. The molecule has 0 aliphatic heterocycles. The van der Waals surface area contributed by atoms with Gasteiger partial charge in [0.25, 0.3) is 10.0 Å². The van der Waals surface area contributed by atoms with Crippen LogP contribution in [0, 0.1) is 6.92 Å². The number of sulfonamides is 1. The molecule has 0 radical (unpaired) electrons. The van der Waals surface area contributed by atoms with Gasteiger partial charge < -0.3 is 19.7 Å². The van der Waals surface area contributed by atoms with Crippen molar-refractivity contribution in [2.75, 3.05) is 32.1 Å². The molecule has 0 spiro atoms. The lowest BCUT2D eigenvalue weighted by atomic mass is 10.1. The van der Waals surface area contributed by atoms with Crippen LogP contribution in [0.1, 0.15) is 18.1 Å². The highest BCUT2D eigenvalue weighted by atomic mass is 32.2. The number of carbonyl (C=O) groups excluding carboxylic acids is 2. The normalized spacial score (nSPS) is 11.8. The van der Waals surface area contributed by atoms with Crippen LogP contribution < -0.4 is 19.1 Å². The van der Waals surface area contributed by atoms with Gasteiger partial charge in [0.15, 0.2) is 11.5 Å². The van der Waals surface area contributed by atoms with Gasteiger partial charge in [-0.25, -0.2) is 8.42 Å². The summed E-state index contributed by atoms with van der Waals surface area (Å²) in [6.07, 6.45) is 0. The van der Waals surface area contributed by atoms with E-state index >= 15 is 0 Å². The van der Waals surface area contributed by atoms with E-state index < -0.39 is 28.5 Å². The minimum Gasteiger partial charge on any atom is -0.493 e. The number of aryl methyl sites for hydroxylation is 1. The first-order valence-corrected chi connectivity index (χ1v) is 13.4. The van der Waals surface area contributed by atoms with E-state index in [9.17, 15) is 18.0 Å². The van der Waals surface area contributed by atoms with Gasteiger partial charge in [-0.1, -0.05) is 48.0 Å². The van der Waals surface area contributed by atoms with Crippen LogP contribution in [0.25, 0.3) is 0 Å². The predicted molar refractivity (Wildman–Crippen MR) is 146 cm³/mol. The van der Waals surface area contributed by atoms with E-state index in [0.717, 1.165) is 15.4 Å². The Bertz CT molecular complexity index is 1360. The van der Waals surface area contributed by atoms with Crippen molar-refractivity contribution in [1.29, 1.82) is 0 Å². The fraction of sp³-hybridized carbons (Fsp3) is 0.286. The van der Waals surface area contributed by atoms with Crippen LogP contribution in [-0.2, 0) is 26.2 Å². The van der Waals surface area contributed by atoms with E-state index in [1.807, 2.05) is 37.3 Å². The Morgan fingerprint density at radius 1 is 0.921 bits per heavy atom. The first-order chi connectivity index (χ1) is 18.1. The molecule has 0 saturated heterocycles. The van der Waals surface area contributed by atoms with E-state index in [1.54, 1.807) is 31.2 Å². The summed E-state index contributed by atoms with van der Waals surface area (Å²) in [5.41, 5.74) is 1.91. The van der Waals surface area contributed by atoms with E-state index in [4.69, 9.17) is 9.47 Å². The largest absolute Gasteiger partial charge is 0.493 e. The third-order valence-corrected chi connectivity index (χ3v) is 7.94. The highest BCUT2D eigenvalue weighted by Crippen LogP contribution is 2.34. The number of rotatable bonds is 11. The summed E-state index contributed by atoms with van der Waals surface area (Å²) in [7, 11) is 0.227. The molecular formula is C28H33N3O6S. The minimum absolute atomic E-state index is 0.0274. The number of nitrogens with one attached hydrogen (secondary N) is 1. The Kier molecular flexibility index (Phi) is 9.35. The molecule has 0 aliphatic carbocycles. The highest BCUT2D eigenvalue weighted by molar-refractivity contribution is 7.92. The number of ether oxygens (including phenoxy) is 2. The van der Waals surface area contributed by atoms with Crippen LogP contribution in [0.3, 0.4) is 0 Å². The summed E-state index contributed by atoms with van der Waals surface area (Å²) in [5, 5.41) is 2.56. The number of nitrogens with zero attached hydrogens (tertiary/aromatic N) is 2. The number of hydrogen-bond donors (Lipinski definition) is 1. The zero-order valence-electron chi connectivity index (χ0n) is 22.2. The van der Waals surface area contributed by atoms with Crippen LogP contribution in [0.2, 0.25) is 0 Å². The van der Waals surface area contributed by atoms with Crippen LogP contribution in [-0.4, -0.2) is 59.0 Å². The van der Waals surface area contributed by atoms with Crippen molar-refractivity contribution in [3.05, 3.63) is 83.9 Å². The lowest BCUT2D eigenvalue weighted by molar-refractivity contribution is -0.139. The van der Waals surface area contributed by atoms with Gasteiger partial charge in [0.2, 0.25) is 11.8 Å². The lowest BCUT2D eigenvalue weighted by Gasteiger charge is -2.32. The van der Waals surface area contributed by atoms with Crippen molar-refractivity contribution < 1.29 is 27.5 Å². The average molecular weight is 540 g/mol. The van der Waals surface area contributed by atoms with E-state index in [-0.39, 0.29) is 23.0 Å².